The third-order valence-electron chi connectivity index (χ3n) is 5.28. The van der Waals surface area contributed by atoms with Gasteiger partial charge in [0.25, 0.3) is 0 Å². The molecule has 2 N–H and O–H groups in total. The van der Waals surface area contributed by atoms with Gasteiger partial charge in [-0.2, -0.15) is 5.10 Å². The Morgan fingerprint density at radius 3 is 2.73 bits per heavy atom. The summed E-state index contributed by atoms with van der Waals surface area (Å²) in [4.78, 5) is 9.23. The summed E-state index contributed by atoms with van der Waals surface area (Å²) in [5.74, 6) is 2.74. The zero-order valence-corrected chi connectivity index (χ0v) is 14.8. The fraction of sp³-hybridized carbons (Fsp3) is 0.350. The van der Waals surface area contributed by atoms with Gasteiger partial charge in [-0.25, -0.2) is 15.1 Å². The van der Waals surface area contributed by atoms with Crippen LogP contribution in [0.25, 0.3) is 5.69 Å². The Bertz CT molecular complexity index is 915. The van der Waals surface area contributed by atoms with Crippen LogP contribution in [0.5, 0.6) is 0 Å². The zero-order chi connectivity index (χ0) is 17.5. The lowest BCUT2D eigenvalue weighted by molar-refractivity contribution is 0.533. The lowest BCUT2D eigenvalue weighted by atomic mass is 9.94. The van der Waals surface area contributed by atoms with Crippen molar-refractivity contribution in [1.82, 2.24) is 30.6 Å². The maximum atomic E-state index is 5.00. The van der Waals surface area contributed by atoms with Crippen LogP contribution in [0.4, 0.5) is 0 Å². The molecule has 1 aliphatic carbocycles. The number of aryl methyl sites for hydroxylation is 1. The molecule has 1 aliphatic heterocycles. The van der Waals surface area contributed by atoms with Gasteiger partial charge >= 0.3 is 0 Å². The normalized spacial score (nSPS) is 22.7. The van der Waals surface area contributed by atoms with Crippen molar-refractivity contribution in [2.75, 3.05) is 6.54 Å². The molecule has 0 radical (unpaired) electrons. The summed E-state index contributed by atoms with van der Waals surface area (Å²) in [5.41, 5.74) is 10.2. The maximum Gasteiger partial charge on any atom is 0.154 e. The van der Waals surface area contributed by atoms with Gasteiger partial charge in [-0.3, -0.25) is 10.4 Å². The van der Waals surface area contributed by atoms with Crippen molar-refractivity contribution in [3.8, 4) is 5.69 Å². The minimum atomic E-state index is 0.174. The summed E-state index contributed by atoms with van der Waals surface area (Å²) in [6.45, 7) is 2.90. The van der Waals surface area contributed by atoms with Gasteiger partial charge in [0.15, 0.2) is 5.82 Å². The first-order valence-corrected chi connectivity index (χ1v) is 9.22. The van der Waals surface area contributed by atoms with Gasteiger partial charge in [-0.1, -0.05) is 30.3 Å². The number of hydrazine groups is 1. The van der Waals surface area contributed by atoms with Crippen LogP contribution in [0.1, 0.15) is 53.5 Å². The first-order chi connectivity index (χ1) is 12.8. The van der Waals surface area contributed by atoms with E-state index in [1.807, 2.05) is 23.1 Å². The first-order valence-electron chi connectivity index (χ1n) is 9.22. The molecule has 0 spiro atoms. The third-order valence-corrected chi connectivity index (χ3v) is 5.28. The highest BCUT2D eigenvalue weighted by molar-refractivity contribution is 5.39. The number of hydrogen-bond donors (Lipinski definition) is 2. The van der Waals surface area contributed by atoms with Crippen LogP contribution in [0.2, 0.25) is 0 Å². The average Bonchev–Trinajstić information content (AvgIpc) is 3.25. The largest absolute Gasteiger partial charge is 0.264 e. The second kappa shape index (κ2) is 6.30. The second-order valence-corrected chi connectivity index (χ2v) is 7.20. The summed E-state index contributed by atoms with van der Waals surface area (Å²) in [5, 5.41) is 4.90. The highest BCUT2D eigenvalue weighted by atomic mass is 15.4. The van der Waals surface area contributed by atoms with Crippen LogP contribution in [0.15, 0.2) is 48.8 Å². The van der Waals surface area contributed by atoms with Crippen LogP contribution < -0.4 is 10.9 Å². The molecule has 132 valence electrons. The van der Waals surface area contributed by atoms with Gasteiger partial charge in [0.05, 0.1) is 17.6 Å². The van der Waals surface area contributed by atoms with E-state index in [9.17, 15) is 0 Å². The highest BCUT2D eigenvalue weighted by Gasteiger charge is 2.36. The molecule has 6 heteroatoms. The van der Waals surface area contributed by atoms with E-state index in [0.29, 0.717) is 5.92 Å². The van der Waals surface area contributed by atoms with E-state index in [4.69, 9.17) is 10.1 Å². The predicted molar refractivity (Wildman–Crippen MR) is 98.9 cm³/mol. The Kier molecular flexibility index (Phi) is 3.80. The van der Waals surface area contributed by atoms with Crippen LogP contribution in [0.3, 0.4) is 0 Å². The Hall–Kier alpha value is -2.57. The summed E-state index contributed by atoms with van der Waals surface area (Å²) < 4.78 is 2.04. The van der Waals surface area contributed by atoms with Gasteiger partial charge in [0, 0.05) is 24.9 Å². The van der Waals surface area contributed by atoms with Crippen LogP contribution in [-0.2, 0) is 0 Å². The fourth-order valence-electron chi connectivity index (χ4n) is 3.69. The van der Waals surface area contributed by atoms with Crippen molar-refractivity contribution in [3.63, 3.8) is 0 Å². The molecule has 1 aromatic carbocycles. The standard InChI is InChI=1S/C20H22N6/c1-13-11-21-10-9-17(13)26-20(23-19(25-26)15-7-8-15)16-12-22-24-18(16)14-5-3-2-4-6-14/h2-6,9-11,15-16,18,22,24H,7-8,12H2,1H3. The number of aromatic nitrogens is 4. The Balaban J connectivity index is 1.60. The highest BCUT2D eigenvalue weighted by Crippen LogP contribution is 2.40. The van der Waals surface area contributed by atoms with Crippen LogP contribution >= 0.6 is 0 Å². The summed E-state index contributed by atoms with van der Waals surface area (Å²) in [7, 11) is 0. The second-order valence-electron chi connectivity index (χ2n) is 7.20. The quantitative estimate of drug-likeness (QED) is 0.760. The number of nitrogens with zero attached hydrogens (tertiary/aromatic N) is 4. The molecule has 2 unspecified atom stereocenters. The molecular weight excluding hydrogens is 324 g/mol. The average molecular weight is 346 g/mol. The van der Waals surface area contributed by atoms with E-state index in [-0.39, 0.29) is 12.0 Å². The molecule has 3 aromatic rings. The van der Waals surface area contributed by atoms with Gasteiger partial charge in [-0.05, 0) is 37.0 Å². The van der Waals surface area contributed by atoms with Crippen LogP contribution in [-0.4, -0.2) is 26.3 Å². The topological polar surface area (TPSA) is 67.7 Å². The van der Waals surface area contributed by atoms with Crippen molar-refractivity contribution in [2.45, 2.75) is 37.6 Å². The lowest BCUT2D eigenvalue weighted by Gasteiger charge is -2.19. The number of nitrogens with one attached hydrogen (secondary N) is 2. The van der Waals surface area contributed by atoms with Gasteiger partial charge in [0.1, 0.15) is 5.82 Å². The molecule has 3 heterocycles. The number of pyridine rings is 1. The van der Waals surface area contributed by atoms with E-state index in [0.717, 1.165) is 29.4 Å². The van der Waals surface area contributed by atoms with Gasteiger partial charge < -0.3 is 0 Å². The molecule has 1 saturated carbocycles. The summed E-state index contributed by atoms with van der Waals surface area (Å²) in [6, 6.07) is 12.7. The number of hydrogen-bond acceptors (Lipinski definition) is 5. The van der Waals surface area contributed by atoms with Gasteiger partial charge in [-0.15, -0.1) is 0 Å². The maximum absolute atomic E-state index is 5.00. The van der Waals surface area contributed by atoms with Crippen molar-refractivity contribution >= 4 is 0 Å². The molecule has 26 heavy (non-hydrogen) atoms. The predicted octanol–water partition coefficient (Wildman–Crippen LogP) is 2.78. The molecule has 1 saturated heterocycles. The molecule has 0 amide bonds. The summed E-state index contributed by atoms with van der Waals surface area (Å²) in [6.07, 6.45) is 6.10. The Labute approximate surface area is 152 Å². The molecule has 2 aliphatic rings. The van der Waals surface area contributed by atoms with Crippen molar-refractivity contribution in [3.05, 3.63) is 71.6 Å². The van der Waals surface area contributed by atoms with E-state index in [2.05, 4.69) is 53.1 Å². The minimum Gasteiger partial charge on any atom is -0.264 e. The smallest absolute Gasteiger partial charge is 0.154 e. The van der Waals surface area contributed by atoms with Crippen molar-refractivity contribution in [1.29, 1.82) is 0 Å². The molecule has 5 rings (SSSR count). The molecule has 2 fully saturated rings. The van der Waals surface area contributed by atoms with Crippen molar-refractivity contribution < 1.29 is 0 Å². The van der Waals surface area contributed by atoms with E-state index in [1.54, 1.807) is 0 Å². The Morgan fingerprint density at radius 2 is 1.96 bits per heavy atom. The number of rotatable bonds is 4. The van der Waals surface area contributed by atoms with Crippen LogP contribution in [0, 0.1) is 6.92 Å². The fourth-order valence-corrected chi connectivity index (χ4v) is 3.69. The van der Waals surface area contributed by atoms with Crippen molar-refractivity contribution in [2.24, 2.45) is 0 Å². The zero-order valence-electron chi connectivity index (χ0n) is 14.8. The lowest BCUT2D eigenvalue weighted by Crippen LogP contribution is -2.25. The monoisotopic (exact) mass is 346 g/mol. The number of benzene rings is 1. The first kappa shape index (κ1) is 15.7. The molecule has 2 aromatic heterocycles. The van der Waals surface area contributed by atoms with E-state index in [1.165, 1.54) is 18.4 Å². The van der Waals surface area contributed by atoms with E-state index >= 15 is 0 Å². The minimum absolute atomic E-state index is 0.174. The molecular formula is C20H22N6. The van der Waals surface area contributed by atoms with E-state index < -0.39 is 0 Å². The molecule has 6 nitrogen and oxygen atoms in total. The van der Waals surface area contributed by atoms with Gasteiger partial charge in [0.2, 0.25) is 0 Å². The Morgan fingerprint density at radius 1 is 1.12 bits per heavy atom. The molecule has 2 atom stereocenters. The summed E-state index contributed by atoms with van der Waals surface area (Å²) >= 11 is 0. The SMILES string of the molecule is Cc1cnccc1-n1nc(C2CC2)nc1C1CNNC1c1ccccc1. The molecule has 0 bridgehead atoms. The third kappa shape index (κ3) is 2.71.